The van der Waals surface area contributed by atoms with Crippen molar-refractivity contribution >= 4 is 0 Å². The van der Waals surface area contributed by atoms with Gasteiger partial charge in [-0.15, -0.1) is 0 Å². The smallest absolute Gasteiger partial charge is 0.387 e. The van der Waals surface area contributed by atoms with Crippen LogP contribution in [0.4, 0.5) is 0 Å². The molecular formula is C15H27CuLiN2O. The van der Waals surface area contributed by atoms with Crippen molar-refractivity contribution in [2.75, 3.05) is 27.2 Å². The maximum atomic E-state index is 10.1. The second kappa shape index (κ2) is 15.6. The quantitative estimate of drug-likeness (QED) is 0.527. The van der Waals surface area contributed by atoms with Gasteiger partial charge in [0.05, 0.1) is 6.10 Å². The zero-order valence-electron chi connectivity index (χ0n) is 13.4. The first-order chi connectivity index (χ1) is 8.61. The predicted octanol–water partition coefficient (Wildman–Crippen LogP) is -0.898. The molecule has 1 aromatic rings. The average molecular weight is 322 g/mol. The van der Waals surface area contributed by atoms with Gasteiger partial charge < -0.3 is 22.2 Å². The van der Waals surface area contributed by atoms with Gasteiger partial charge in [-0.25, -0.2) is 0 Å². The largest absolute Gasteiger partial charge is 1.00 e. The molecule has 0 bridgehead atoms. The van der Waals surface area contributed by atoms with Crippen LogP contribution in [-0.2, 0) is 17.1 Å². The number of rotatable bonds is 6. The van der Waals surface area contributed by atoms with Gasteiger partial charge in [-0.1, -0.05) is 30.3 Å². The van der Waals surface area contributed by atoms with Crippen LogP contribution in [-0.4, -0.2) is 43.2 Å². The Morgan fingerprint density at radius 2 is 1.70 bits per heavy atom. The third kappa shape index (κ3) is 10.9. The molecule has 20 heavy (non-hydrogen) atoms. The summed E-state index contributed by atoms with van der Waals surface area (Å²) >= 11 is 0. The van der Waals surface area contributed by atoms with Gasteiger partial charge >= 0.3 is 18.9 Å². The van der Waals surface area contributed by atoms with Crippen LogP contribution in [0.2, 0.25) is 0 Å². The fourth-order valence-corrected chi connectivity index (χ4v) is 1.57. The first kappa shape index (κ1) is 25.2. The molecule has 0 aliphatic heterocycles. The van der Waals surface area contributed by atoms with Gasteiger partial charge in [0.2, 0.25) is 0 Å². The zero-order chi connectivity index (χ0) is 14.0. The number of hydrogen-bond donors (Lipinski definition) is 2. The summed E-state index contributed by atoms with van der Waals surface area (Å²) in [5.74, 6) is 0. The molecule has 3 nitrogen and oxygen atoms in total. The Kier molecular flexibility index (Phi) is 19.6. The molecule has 0 fully saturated rings. The second-order valence-electron chi connectivity index (χ2n) is 4.40. The van der Waals surface area contributed by atoms with Crippen LogP contribution in [0, 0.1) is 6.92 Å². The van der Waals surface area contributed by atoms with Crippen molar-refractivity contribution in [3.05, 3.63) is 42.8 Å². The van der Waals surface area contributed by atoms with Crippen LogP contribution in [0.25, 0.3) is 0 Å². The molecule has 2 atom stereocenters. The molecule has 2 N–H and O–H groups in total. The Bertz CT molecular complexity index is 299. The normalized spacial score (nSPS) is 12.3. The van der Waals surface area contributed by atoms with E-state index in [-0.39, 0.29) is 42.0 Å². The Morgan fingerprint density at radius 3 is 2.15 bits per heavy atom. The Labute approximate surface area is 147 Å². The maximum Gasteiger partial charge on any atom is 1.00 e. The van der Waals surface area contributed by atoms with E-state index in [1.54, 1.807) is 6.92 Å². The summed E-state index contributed by atoms with van der Waals surface area (Å²) in [6.45, 7) is 8.87. The number of benzene rings is 1. The van der Waals surface area contributed by atoms with Gasteiger partial charge in [0.1, 0.15) is 0 Å². The van der Waals surface area contributed by atoms with Gasteiger partial charge in [-0.2, -0.15) is 6.92 Å². The number of aliphatic hydroxyl groups is 1. The number of aliphatic hydroxyl groups excluding tert-OH is 1. The second-order valence-corrected chi connectivity index (χ2v) is 4.40. The number of nitrogens with zero attached hydrogens (tertiary/aromatic N) is 1. The molecule has 0 saturated heterocycles. The van der Waals surface area contributed by atoms with E-state index in [0.29, 0.717) is 0 Å². The minimum absolute atomic E-state index is 0. The summed E-state index contributed by atoms with van der Waals surface area (Å²) in [7, 11) is 4.08. The molecule has 1 radical (unpaired) electrons. The minimum atomic E-state index is -0.441. The standard InChI is InChI=1S/C13H22N2O.C2H5.Cu.Li/c1-11(14-9-10-15(2)3)13(16)12-7-5-4-6-8-12;1-2;;/h4-8,11,13-14,16H,9-10H2,1-3H3;1H2,2H3;;/q;-1;;+1/t11-,13?;;;/m0.../s1. The van der Waals surface area contributed by atoms with Crippen LogP contribution in [0.3, 0.4) is 0 Å². The van der Waals surface area contributed by atoms with Gasteiger partial charge in [0.25, 0.3) is 0 Å². The minimum Gasteiger partial charge on any atom is -0.387 e. The molecule has 0 aliphatic carbocycles. The van der Waals surface area contributed by atoms with Crippen molar-refractivity contribution in [3.8, 4) is 0 Å². The van der Waals surface area contributed by atoms with Crippen LogP contribution in [0.5, 0.6) is 0 Å². The molecule has 5 heteroatoms. The van der Waals surface area contributed by atoms with Crippen molar-refractivity contribution < 1.29 is 41.0 Å². The third-order valence-corrected chi connectivity index (χ3v) is 2.64. The first-order valence-electron chi connectivity index (χ1n) is 6.43. The number of nitrogens with one attached hydrogen (secondary N) is 1. The Balaban J connectivity index is -0.000000689. The summed E-state index contributed by atoms with van der Waals surface area (Å²) in [6, 6.07) is 9.84. The summed E-state index contributed by atoms with van der Waals surface area (Å²) in [4.78, 5) is 2.12. The van der Waals surface area contributed by atoms with Crippen molar-refractivity contribution in [2.45, 2.75) is 26.0 Å². The molecule has 0 amide bonds. The molecular weight excluding hydrogens is 295 g/mol. The average Bonchev–Trinajstić information content (AvgIpc) is 2.40. The molecule has 0 saturated carbocycles. The van der Waals surface area contributed by atoms with E-state index in [9.17, 15) is 5.11 Å². The van der Waals surface area contributed by atoms with Crippen molar-refractivity contribution in [1.82, 2.24) is 10.2 Å². The molecule has 1 rings (SSSR count). The summed E-state index contributed by atoms with van der Waals surface area (Å²) < 4.78 is 0. The fourth-order valence-electron chi connectivity index (χ4n) is 1.57. The van der Waals surface area contributed by atoms with E-state index in [1.807, 2.05) is 51.4 Å². The van der Waals surface area contributed by atoms with Crippen LogP contribution in [0.15, 0.2) is 30.3 Å². The SMILES string of the molecule is C[C@H](NCCN(C)C)C(O)c1ccccc1.[CH2-]C.[Cu].[Li+]. The summed E-state index contributed by atoms with van der Waals surface area (Å²) in [6.07, 6.45) is -0.441. The molecule has 115 valence electrons. The van der Waals surface area contributed by atoms with Gasteiger partial charge in [0, 0.05) is 36.2 Å². The van der Waals surface area contributed by atoms with E-state index in [0.717, 1.165) is 18.7 Å². The molecule has 1 aromatic carbocycles. The number of hydrogen-bond acceptors (Lipinski definition) is 3. The monoisotopic (exact) mass is 321 g/mol. The summed E-state index contributed by atoms with van der Waals surface area (Å²) in [5.41, 5.74) is 0.965. The van der Waals surface area contributed by atoms with Crippen molar-refractivity contribution in [2.24, 2.45) is 0 Å². The maximum absolute atomic E-state index is 10.1. The van der Waals surface area contributed by atoms with E-state index in [2.05, 4.69) is 17.1 Å². The Morgan fingerprint density at radius 1 is 1.20 bits per heavy atom. The van der Waals surface area contributed by atoms with E-state index in [4.69, 9.17) is 0 Å². The van der Waals surface area contributed by atoms with Crippen LogP contribution >= 0.6 is 0 Å². The molecule has 0 aliphatic rings. The molecule has 0 heterocycles. The van der Waals surface area contributed by atoms with Crippen molar-refractivity contribution in [3.63, 3.8) is 0 Å². The topological polar surface area (TPSA) is 35.5 Å². The van der Waals surface area contributed by atoms with E-state index >= 15 is 0 Å². The van der Waals surface area contributed by atoms with Gasteiger partial charge in [0.15, 0.2) is 0 Å². The summed E-state index contributed by atoms with van der Waals surface area (Å²) in [5, 5.41) is 13.4. The van der Waals surface area contributed by atoms with Crippen molar-refractivity contribution in [1.29, 1.82) is 0 Å². The Hall–Kier alpha value is 0.217. The fraction of sp³-hybridized carbons (Fsp3) is 0.533. The number of likely N-dealkylation sites (N-methyl/N-ethyl adjacent to an activating group) is 1. The first-order valence-corrected chi connectivity index (χ1v) is 6.43. The van der Waals surface area contributed by atoms with Gasteiger partial charge in [-0.05, 0) is 26.6 Å². The third-order valence-electron chi connectivity index (χ3n) is 2.64. The zero-order valence-corrected chi connectivity index (χ0v) is 14.3. The molecule has 1 unspecified atom stereocenters. The van der Waals surface area contributed by atoms with E-state index < -0.39 is 6.10 Å². The van der Waals surface area contributed by atoms with Crippen LogP contribution < -0.4 is 24.2 Å². The van der Waals surface area contributed by atoms with Crippen LogP contribution in [0.1, 0.15) is 25.5 Å². The molecule has 0 spiro atoms. The van der Waals surface area contributed by atoms with E-state index in [1.165, 1.54) is 0 Å². The molecule has 0 aromatic heterocycles. The van der Waals surface area contributed by atoms with Gasteiger partial charge in [-0.3, -0.25) is 0 Å². The predicted molar refractivity (Wildman–Crippen MR) is 78.5 cm³/mol.